The Kier molecular flexibility index (Phi) is 8.06. The molecule has 0 bridgehead atoms. The largest absolute Gasteiger partial charge is 0.446 e. The van der Waals surface area contributed by atoms with Crippen molar-refractivity contribution in [2.24, 2.45) is 0 Å². The first-order chi connectivity index (χ1) is 19.8. The van der Waals surface area contributed by atoms with Crippen molar-refractivity contribution < 1.29 is 17.9 Å². The molecule has 222 valence electrons. The topological polar surface area (TPSA) is 125 Å². The molecular weight excluding hydrogens is 542 g/mol. The number of carbonyl (C=O) groups is 1. The van der Waals surface area contributed by atoms with Gasteiger partial charge in [-0.2, -0.15) is 4.98 Å². The first-order valence-electron chi connectivity index (χ1n) is 14.9. The summed E-state index contributed by atoms with van der Waals surface area (Å²) in [6.07, 6.45) is 4.74. The number of hydrogen-bond donors (Lipinski definition) is 1. The van der Waals surface area contributed by atoms with Crippen LogP contribution in [-0.4, -0.2) is 103 Å². The lowest BCUT2D eigenvalue weighted by Gasteiger charge is -2.34. The first kappa shape index (κ1) is 28.2. The molecule has 2 N–H and O–H groups in total. The highest BCUT2D eigenvalue weighted by molar-refractivity contribution is 7.89. The third kappa shape index (κ3) is 6.14. The number of benzene rings is 1. The molecule has 2 saturated heterocycles. The van der Waals surface area contributed by atoms with Gasteiger partial charge in [-0.25, -0.2) is 22.5 Å². The number of nitrogens with two attached hydrogens (primary N) is 1. The first-order valence-corrected chi connectivity index (χ1v) is 16.4. The number of rotatable bonds is 5. The highest BCUT2D eigenvalue weighted by Gasteiger charge is 2.37. The van der Waals surface area contributed by atoms with E-state index in [-0.39, 0.29) is 23.4 Å². The van der Waals surface area contributed by atoms with E-state index in [0.29, 0.717) is 39.0 Å². The van der Waals surface area contributed by atoms with Crippen molar-refractivity contribution in [2.75, 3.05) is 63.5 Å². The summed E-state index contributed by atoms with van der Waals surface area (Å²) in [7, 11) is -1.13. The zero-order valence-corrected chi connectivity index (χ0v) is 24.7. The van der Waals surface area contributed by atoms with Gasteiger partial charge >= 0.3 is 6.09 Å². The maximum absolute atomic E-state index is 13.1. The van der Waals surface area contributed by atoms with Crippen molar-refractivity contribution in [1.29, 1.82) is 0 Å². The van der Waals surface area contributed by atoms with Crippen molar-refractivity contribution in [3.05, 3.63) is 35.4 Å². The number of hydrogen-bond acceptors (Lipinski definition) is 9. The summed E-state index contributed by atoms with van der Waals surface area (Å²) < 4.78 is 33.3. The second-order valence-electron chi connectivity index (χ2n) is 11.8. The average molecular weight is 584 g/mol. The van der Waals surface area contributed by atoms with Gasteiger partial charge in [-0.1, -0.05) is 25.0 Å². The fourth-order valence-corrected chi connectivity index (χ4v) is 8.56. The molecule has 0 radical (unpaired) electrons. The minimum atomic E-state index is -3.25. The molecule has 6 rings (SSSR count). The van der Waals surface area contributed by atoms with Crippen LogP contribution in [0.1, 0.15) is 49.7 Å². The molecule has 1 aliphatic carbocycles. The van der Waals surface area contributed by atoms with Gasteiger partial charge in [0.15, 0.2) is 0 Å². The van der Waals surface area contributed by atoms with Crippen LogP contribution >= 0.6 is 0 Å². The predicted molar refractivity (Wildman–Crippen MR) is 158 cm³/mol. The zero-order valence-electron chi connectivity index (χ0n) is 23.9. The van der Waals surface area contributed by atoms with Crippen molar-refractivity contribution in [3.8, 4) is 11.3 Å². The van der Waals surface area contributed by atoms with E-state index >= 15 is 0 Å². The van der Waals surface area contributed by atoms with Gasteiger partial charge in [0.05, 0.1) is 10.9 Å². The molecule has 1 aromatic carbocycles. The number of amides is 1. The smallest absolute Gasteiger partial charge is 0.410 e. The molecule has 0 spiro atoms. The second-order valence-corrected chi connectivity index (χ2v) is 14.1. The molecule has 11 nitrogen and oxygen atoms in total. The fourth-order valence-electron chi connectivity index (χ4n) is 6.49. The van der Waals surface area contributed by atoms with Gasteiger partial charge in [-0.05, 0) is 56.3 Å². The Labute approximate surface area is 242 Å². The number of fused-ring (bicyclic) bond motifs is 1. The highest BCUT2D eigenvalue weighted by atomic mass is 32.2. The zero-order chi connectivity index (χ0) is 28.6. The van der Waals surface area contributed by atoms with E-state index in [1.54, 1.807) is 9.21 Å². The molecule has 41 heavy (non-hydrogen) atoms. The Morgan fingerprint density at radius 1 is 0.927 bits per heavy atom. The highest BCUT2D eigenvalue weighted by Crippen LogP contribution is 2.31. The lowest BCUT2D eigenvalue weighted by atomic mass is 9.96. The molecule has 1 saturated carbocycles. The third-order valence-electron chi connectivity index (χ3n) is 9.08. The van der Waals surface area contributed by atoms with Crippen LogP contribution in [0.2, 0.25) is 0 Å². The van der Waals surface area contributed by atoms with Crippen LogP contribution in [0.5, 0.6) is 0 Å². The quantitative estimate of drug-likeness (QED) is 0.566. The molecule has 3 aliphatic heterocycles. The average Bonchev–Trinajstić information content (AvgIpc) is 3.53. The number of piperazine rings is 1. The third-order valence-corrected chi connectivity index (χ3v) is 11.5. The van der Waals surface area contributed by atoms with E-state index in [4.69, 9.17) is 10.5 Å². The minimum absolute atomic E-state index is 0.239. The number of piperidine rings is 1. The molecule has 2 aromatic rings. The molecule has 3 fully saturated rings. The van der Waals surface area contributed by atoms with Crippen LogP contribution in [-0.2, 0) is 27.7 Å². The molecule has 0 atom stereocenters. The molecule has 1 amide bonds. The number of nitrogens with zero attached hydrogens (tertiary/aromatic N) is 6. The van der Waals surface area contributed by atoms with Gasteiger partial charge in [0, 0.05) is 64.0 Å². The Bertz CT molecular complexity index is 1370. The van der Waals surface area contributed by atoms with E-state index in [1.165, 1.54) is 5.56 Å². The van der Waals surface area contributed by atoms with E-state index in [1.807, 2.05) is 6.07 Å². The lowest BCUT2D eigenvalue weighted by Crippen LogP contribution is -2.46. The van der Waals surface area contributed by atoms with Crippen molar-refractivity contribution in [2.45, 2.75) is 62.8 Å². The number of likely N-dealkylation sites (N-methyl/N-ethyl adjacent to an activating group) is 1. The van der Waals surface area contributed by atoms with E-state index in [9.17, 15) is 13.2 Å². The summed E-state index contributed by atoms with van der Waals surface area (Å²) in [5.41, 5.74) is 10.1. The molecule has 4 aliphatic rings. The van der Waals surface area contributed by atoms with Crippen LogP contribution < -0.4 is 10.6 Å². The summed E-state index contributed by atoms with van der Waals surface area (Å²) in [6, 6.07) is 8.27. The van der Waals surface area contributed by atoms with Gasteiger partial charge in [0.2, 0.25) is 16.0 Å². The summed E-state index contributed by atoms with van der Waals surface area (Å²) in [4.78, 5) is 28.4. The monoisotopic (exact) mass is 583 g/mol. The van der Waals surface area contributed by atoms with Gasteiger partial charge in [0.1, 0.15) is 11.9 Å². The summed E-state index contributed by atoms with van der Waals surface area (Å²) in [5.74, 6) is 1.09. The van der Waals surface area contributed by atoms with Gasteiger partial charge in [-0.15, -0.1) is 0 Å². The van der Waals surface area contributed by atoms with Gasteiger partial charge in [-0.3, -0.25) is 0 Å². The van der Waals surface area contributed by atoms with Crippen molar-refractivity contribution in [3.63, 3.8) is 0 Å². The molecule has 1 aromatic heterocycles. The number of sulfonamides is 1. The van der Waals surface area contributed by atoms with Crippen LogP contribution in [0.3, 0.4) is 0 Å². The Morgan fingerprint density at radius 2 is 1.66 bits per heavy atom. The normalized spacial score (nSPS) is 21.7. The Morgan fingerprint density at radius 3 is 2.39 bits per heavy atom. The molecule has 0 unspecified atom stereocenters. The van der Waals surface area contributed by atoms with Crippen molar-refractivity contribution in [1.82, 2.24) is 24.1 Å². The lowest BCUT2D eigenvalue weighted by molar-refractivity contribution is 0.0374. The maximum Gasteiger partial charge on any atom is 0.410 e. The number of nitrogen functional groups attached to an aromatic ring is 1. The van der Waals surface area contributed by atoms with E-state index in [2.05, 4.69) is 45.0 Å². The Balaban J connectivity index is 1.08. The number of anilines is 2. The molecular formula is C29H41N7O4S. The van der Waals surface area contributed by atoms with Crippen LogP contribution in [0.4, 0.5) is 16.6 Å². The minimum Gasteiger partial charge on any atom is -0.446 e. The number of ether oxygens (including phenoxy) is 1. The maximum atomic E-state index is 13.1. The van der Waals surface area contributed by atoms with Crippen LogP contribution in [0, 0.1) is 0 Å². The van der Waals surface area contributed by atoms with Crippen LogP contribution in [0.25, 0.3) is 11.3 Å². The van der Waals surface area contributed by atoms with Crippen molar-refractivity contribution >= 4 is 27.9 Å². The molecule has 12 heteroatoms. The van der Waals surface area contributed by atoms with E-state index < -0.39 is 10.0 Å². The Hall–Kier alpha value is -2.96. The van der Waals surface area contributed by atoms with Gasteiger partial charge in [0.25, 0.3) is 0 Å². The fraction of sp³-hybridized carbons (Fsp3) is 0.621. The standard InChI is InChI=1S/C29H41N7O4S/c1-33-14-16-34(17-15-33)27-19-26(31-28(30)32-27)22-7-6-21-8-11-35(20-23(21)18-22)29(37)40-24-9-12-36(13-10-24)41(38,39)25-4-2-3-5-25/h6-7,18-19,24-25H,2-5,8-17,20H2,1H3,(H2,30,31,32). The van der Waals surface area contributed by atoms with E-state index in [0.717, 1.165) is 80.9 Å². The second kappa shape index (κ2) is 11.7. The SMILES string of the molecule is CN1CCN(c2cc(-c3ccc4c(c3)CN(C(=O)OC3CCN(S(=O)(=O)C5CCCC5)CC3)CC4)nc(N)n2)CC1. The summed E-state index contributed by atoms with van der Waals surface area (Å²) in [6.45, 7) is 5.62. The van der Waals surface area contributed by atoms with Gasteiger partial charge < -0.3 is 25.2 Å². The molecule has 4 heterocycles. The van der Waals surface area contributed by atoms with Crippen LogP contribution in [0.15, 0.2) is 24.3 Å². The number of aromatic nitrogens is 2. The predicted octanol–water partition coefficient (Wildman–Crippen LogP) is 2.71. The summed E-state index contributed by atoms with van der Waals surface area (Å²) in [5, 5.41) is -0.239. The number of carbonyl (C=O) groups excluding carboxylic acids is 1. The summed E-state index contributed by atoms with van der Waals surface area (Å²) >= 11 is 0.